The summed E-state index contributed by atoms with van der Waals surface area (Å²) in [4.78, 5) is 15.4. The number of pyridine rings is 1. The summed E-state index contributed by atoms with van der Waals surface area (Å²) in [6.45, 7) is 1.88. The van der Waals surface area contributed by atoms with E-state index in [0.717, 1.165) is 5.69 Å². The van der Waals surface area contributed by atoms with E-state index in [-0.39, 0.29) is 5.69 Å². The number of hydrogen-bond acceptors (Lipinski definition) is 5. The molecule has 2 rings (SSSR count). The van der Waals surface area contributed by atoms with Gasteiger partial charge >= 0.3 is 5.69 Å². The Hall–Kier alpha value is -1.76. The highest BCUT2D eigenvalue weighted by molar-refractivity contribution is 7.99. The predicted molar refractivity (Wildman–Crippen MR) is 61.3 cm³/mol. The summed E-state index contributed by atoms with van der Waals surface area (Å²) in [7, 11) is 1.64. The highest BCUT2D eigenvalue weighted by Gasteiger charge is 2.09. The molecule has 0 aliphatic heterocycles. The first-order valence-corrected chi connectivity index (χ1v) is 5.42. The number of rotatable bonds is 2. The molecule has 2 aromatic rings. The average molecular weight is 237 g/mol. The van der Waals surface area contributed by atoms with Crippen molar-refractivity contribution in [2.24, 2.45) is 7.05 Å². The Bertz CT molecular complexity index is 574. The first-order valence-electron chi connectivity index (χ1n) is 4.60. The van der Waals surface area contributed by atoms with E-state index in [4.69, 9.17) is 5.73 Å². The van der Waals surface area contributed by atoms with Crippen LogP contribution in [0.25, 0.3) is 0 Å². The molecule has 6 nitrogen and oxygen atoms in total. The normalized spacial score (nSPS) is 10.6. The Morgan fingerprint density at radius 3 is 2.88 bits per heavy atom. The maximum absolute atomic E-state index is 11.2. The lowest BCUT2D eigenvalue weighted by molar-refractivity contribution is 0.764. The lowest BCUT2D eigenvalue weighted by atomic mass is 10.3. The number of nitrogens with zero attached hydrogens (tertiary/aromatic N) is 3. The van der Waals surface area contributed by atoms with E-state index in [1.807, 2.05) is 13.0 Å². The van der Waals surface area contributed by atoms with E-state index in [0.29, 0.717) is 15.9 Å². The maximum atomic E-state index is 11.2. The fraction of sp³-hybridized carbons (Fsp3) is 0.222. The average Bonchev–Trinajstić information content (AvgIpc) is 2.55. The van der Waals surface area contributed by atoms with Gasteiger partial charge in [-0.3, -0.25) is 4.57 Å². The Labute approximate surface area is 95.9 Å². The van der Waals surface area contributed by atoms with Crippen molar-refractivity contribution in [3.8, 4) is 0 Å². The molecule has 0 aliphatic rings. The second-order valence-electron chi connectivity index (χ2n) is 3.32. The van der Waals surface area contributed by atoms with Crippen LogP contribution < -0.4 is 11.4 Å². The highest BCUT2D eigenvalue weighted by atomic mass is 32.2. The fourth-order valence-electron chi connectivity index (χ4n) is 1.14. The van der Waals surface area contributed by atoms with Gasteiger partial charge in [-0.25, -0.2) is 14.9 Å². The molecule has 0 saturated heterocycles. The lowest BCUT2D eigenvalue weighted by Gasteiger charge is -2.03. The number of anilines is 1. The van der Waals surface area contributed by atoms with Crippen LogP contribution in [0.1, 0.15) is 5.69 Å². The third-order valence-electron chi connectivity index (χ3n) is 2.06. The zero-order valence-electron chi connectivity index (χ0n) is 8.89. The van der Waals surface area contributed by atoms with Gasteiger partial charge in [0.05, 0.1) is 5.69 Å². The van der Waals surface area contributed by atoms with E-state index < -0.39 is 0 Å². The van der Waals surface area contributed by atoms with Crippen LogP contribution in [0.2, 0.25) is 0 Å². The minimum Gasteiger partial charge on any atom is -0.397 e. The van der Waals surface area contributed by atoms with Crippen LogP contribution in [0.15, 0.2) is 27.1 Å². The summed E-state index contributed by atoms with van der Waals surface area (Å²) in [6.07, 6.45) is 0. The molecule has 16 heavy (non-hydrogen) atoms. The van der Waals surface area contributed by atoms with Gasteiger partial charge < -0.3 is 5.73 Å². The molecule has 3 N–H and O–H groups in total. The molecule has 0 aliphatic carbocycles. The minimum absolute atomic E-state index is 0.256. The molecule has 0 saturated carbocycles. The van der Waals surface area contributed by atoms with Crippen LogP contribution in [-0.2, 0) is 7.05 Å². The molecule has 0 aromatic carbocycles. The fourth-order valence-corrected chi connectivity index (χ4v) is 2.00. The molecule has 0 atom stereocenters. The number of nitrogen functional groups attached to an aromatic ring is 1. The topological polar surface area (TPSA) is 89.6 Å². The predicted octanol–water partition coefficient (Wildman–Crippen LogP) is 0.545. The van der Waals surface area contributed by atoms with Gasteiger partial charge in [-0.15, -0.1) is 5.10 Å². The molecule has 0 spiro atoms. The first kappa shape index (κ1) is 10.7. The SMILES string of the molecule is Cc1ccc(N)c(Sc2n[nH]c(=O)n2C)n1. The van der Waals surface area contributed by atoms with Crippen molar-refractivity contribution in [2.75, 3.05) is 5.73 Å². The van der Waals surface area contributed by atoms with E-state index in [1.165, 1.54) is 16.3 Å². The second kappa shape index (κ2) is 4.01. The standard InChI is InChI=1S/C9H11N5OS/c1-5-3-4-6(10)7(11-5)16-9-13-12-8(15)14(9)2/h3-4H,10H2,1-2H3,(H,12,15). The van der Waals surface area contributed by atoms with Crippen LogP contribution in [0.3, 0.4) is 0 Å². The van der Waals surface area contributed by atoms with Gasteiger partial charge in [0, 0.05) is 12.7 Å². The van der Waals surface area contributed by atoms with E-state index in [2.05, 4.69) is 15.2 Å². The Kier molecular flexibility index (Phi) is 2.69. The minimum atomic E-state index is -0.256. The summed E-state index contributed by atoms with van der Waals surface area (Å²) in [5, 5.41) is 7.43. The van der Waals surface area contributed by atoms with E-state index in [9.17, 15) is 4.79 Å². The van der Waals surface area contributed by atoms with Crippen molar-refractivity contribution in [1.29, 1.82) is 0 Å². The van der Waals surface area contributed by atoms with Crippen LogP contribution >= 0.6 is 11.8 Å². The molecular formula is C9H11N5OS. The van der Waals surface area contributed by atoms with Gasteiger partial charge in [0.25, 0.3) is 0 Å². The van der Waals surface area contributed by atoms with Crippen LogP contribution in [0.4, 0.5) is 5.69 Å². The molecule has 0 radical (unpaired) electrons. The first-order chi connectivity index (χ1) is 7.58. The number of aryl methyl sites for hydroxylation is 1. The Balaban J connectivity index is 2.37. The summed E-state index contributed by atoms with van der Waals surface area (Å²) in [5.41, 5.74) is 6.98. The number of hydrogen-bond donors (Lipinski definition) is 2. The molecular weight excluding hydrogens is 226 g/mol. The maximum Gasteiger partial charge on any atom is 0.343 e. The molecule has 0 bridgehead atoms. The van der Waals surface area contributed by atoms with Crippen molar-refractivity contribution < 1.29 is 0 Å². The quantitative estimate of drug-likeness (QED) is 0.796. The van der Waals surface area contributed by atoms with Crippen LogP contribution in [-0.4, -0.2) is 19.7 Å². The third-order valence-corrected chi connectivity index (χ3v) is 3.12. The zero-order chi connectivity index (χ0) is 11.7. The van der Waals surface area contributed by atoms with Crippen molar-refractivity contribution in [3.05, 3.63) is 28.3 Å². The molecule has 84 valence electrons. The lowest BCUT2D eigenvalue weighted by Crippen LogP contribution is -2.12. The smallest absolute Gasteiger partial charge is 0.343 e. The molecule has 0 fully saturated rings. The van der Waals surface area contributed by atoms with Crippen molar-refractivity contribution >= 4 is 17.4 Å². The van der Waals surface area contributed by atoms with Crippen molar-refractivity contribution in [2.45, 2.75) is 17.1 Å². The van der Waals surface area contributed by atoms with Crippen molar-refractivity contribution in [1.82, 2.24) is 19.7 Å². The number of nitrogens with one attached hydrogen (secondary N) is 1. The Morgan fingerprint density at radius 1 is 1.50 bits per heavy atom. The molecule has 2 heterocycles. The molecule has 7 heteroatoms. The number of H-pyrrole nitrogens is 1. The van der Waals surface area contributed by atoms with Gasteiger partial charge in [-0.2, -0.15) is 0 Å². The van der Waals surface area contributed by atoms with Crippen molar-refractivity contribution in [3.63, 3.8) is 0 Å². The number of aromatic nitrogens is 4. The van der Waals surface area contributed by atoms with Gasteiger partial charge in [0.2, 0.25) is 0 Å². The van der Waals surface area contributed by atoms with Crippen LogP contribution in [0, 0.1) is 6.92 Å². The largest absolute Gasteiger partial charge is 0.397 e. The molecule has 0 amide bonds. The summed E-state index contributed by atoms with van der Waals surface area (Å²) >= 11 is 1.26. The molecule has 0 unspecified atom stereocenters. The van der Waals surface area contributed by atoms with Gasteiger partial charge in [0.1, 0.15) is 5.03 Å². The monoisotopic (exact) mass is 237 g/mol. The molecule has 2 aromatic heterocycles. The summed E-state index contributed by atoms with van der Waals surface area (Å²) in [6, 6.07) is 3.62. The van der Waals surface area contributed by atoms with Crippen LogP contribution in [0.5, 0.6) is 0 Å². The summed E-state index contributed by atoms with van der Waals surface area (Å²) < 4.78 is 1.41. The van der Waals surface area contributed by atoms with Gasteiger partial charge in [-0.1, -0.05) is 0 Å². The summed E-state index contributed by atoms with van der Waals surface area (Å²) in [5.74, 6) is 0. The zero-order valence-corrected chi connectivity index (χ0v) is 9.71. The highest BCUT2D eigenvalue weighted by Crippen LogP contribution is 2.27. The number of nitrogens with two attached hydrogens (primary N) is 1. The van der Waals surface area contributed by atoms with E-state index in [1.54, 1.807) is 13.1 Å². The second-order valence-corrected chi connectivity index (χ2v) is 4.28. The Morgan fingerprint density at radius 2 is 2.25 bits per heavy atom. The number of aromatic amines is 1. The van der Waals surface area contributed by atoms with Gasteiger partial charge in [0.15, 0.2) is 5.16 Å². The van der Waals surface area contributed by atoms with Gasteiger partial charge in [-0.05, 0) is 30.8 Å². The third kappa shape index (κ3) is 1.94. The van der Waals surface area contributed by atoms with E-state index >= 15 is 0 Å².